The SMILES string of the molecule is CCOc1cccc(-n2cc(C(=O)N3CCN(c4cc(C(=O)N(CC)CC)c5ccccc5c4)CC3)nc2-c2ccc(C)cc2)c1. The molecule has 0 atom stereocenters. The Bertz CT molecular complexity index is 1850. The summed E-state index contributed by atoms with van der Waals surface area (Å²) in [5.41, 5.74) is 5.10. The Kier molecular flexibility index (Phi) is 9.06. The van der Waals surface area contributed by atoms with Crippen molar-refractivity contribution in [3.05, 3.63) is 108 Å². The van der Waals surface area contributed by atoms with E-state index >= 15 is 0 Å². The van der Waals surface area contributed by atoms with E-state index in [1.54, 1.807) is 0 Å². The van der Waals surface area contributed by atoms with Gasteiger partial charge in [0.05, 0.1) is 12.3 Å². The van der Waals surface area contributed by atoms with Crippen LogP contribution in [0.25, 0.3) is 27.8 Å². The maximum Gasteiger partial charge on any atom is 0.274 e. The quantitative estimate of drug-likeness (QED) is 0.182. The van der Waals surface area contributed by atoms with Gasteiger partial charge in [0.15, 0.2) is 0 Å². The lowest BCUT2D eigenvalue weighted by Gasteiger charge is -2.36. The van der Waals surface area contributed by atoms with E-state index in [-0.39, 0.29) is 11.8 Å². The third-order valence-electron chi connectivity index (χ3n) is 8.70. The Morgan fingerprint density at radius 1 is 0.826 bits per heavy atom. The van der Waals surface area contributed by atoms with Gasteiger partial charge in [-0.3, -0.25) is 14.2 Å². The average Bonchev–Trinajstić information content (AvgIpc) is 3.54. The van der Waals surface area contributed by atoms with E-state index in [1.165, 1.54) is 0 Å². The predicted octanol–water partition coefficient (Wildman–Crippen LogP) is 6.84. The third-order valence-corrected chi connectivity index (χ3v) is 8.70. The van der Waals surface area contributed by atoms with Crippen molar-refractivity contribution in [2.24, 2.45) is 0 Å². The molecule has 2 amide bonds. The van der Waals surface area contributed by atoms with Gasteiger partial charge in [0.2, 0.25) is 0 Å². The minimum Gasteiger partial charge on any atom is -0.494 e. The van der Waals surface area contributed by atoms with Crippen molar-refractivity contribution in [3.8, 4) is 22.8 Å². The zero-order valence-corrected chi connectivity index (χ0v) is 27.1. The molecule has 4 aromatic carbocycles. The van der Waals surface area contributed by atoms with Crippen molar-refractivity contribution in [2.45, 2.75) is 27.7 Å². The lowest BCUT2D eigenvalue weighted by atomic mass is 10.0. The number of fused-ring (bicyclic) bond motifs is 1. The highest BCUT2D eigenvalue weighted by Gasteiger charge is 2.27. The van der Waals surface area contributed by atoms with Crippen molar-refractivity contribution < 1.29 is 14.3 Å². The van der Waals surface area contributed by atoms with E-state index in [1.807, 2.05) is 102 Å². The van der Waals surface area contributed by atoms with E-state index in [9.17, 15) is 9.59 Å². The number of aromatic nitrogens is 2. The molecule has 6 rings (SSSR count). The first-order valence-corrected chi connectivity index (χ1v) is 16.2. The fourth-order valence-corrected chi connectivity index (χ4v) is 6.14. The fraction of sp³-hybridized carbons (Fsp3) is 0.289. The molecular weight excluding hydrogens is 574 g/mol. The maximum atomic E-state index is 13.9. The van der Waals surface area contributed by atoms with Crippen LogP contribution in [0.2, 0.25) is 0 Å². The summed E-state index contributed by atoms with van der Waals surface area (Å²) in [6.07, 6.45) is 1.84. The zero-order chi connectivity index (χ0) is 32.2. The van der Waals surface area contributed by atoms with Gasteiger partial charge in [0.1, 0.15) is 17.3 Å². The number of carbonyl (C=O) groups is 2. The molecule has 8 nitrogen and oxygen atoms in total. The van der Waals surface area contributed by atoms with Crippen molar-refractivity contribution in [2.75, 3.05) is 50.8 Å². The number of rotatable bonds is 9. The number of ether oxygens (including phenoxy) is 1. The topological polar surface area (TPSA) is 70.9 Å². The number of piperazine rings is 1. The number of carbonyl (C=O) groups excluding carboxylic acids is 2. The second kappa shape index (κ2) is 13.5. The number of imidazole rings is 1. The predicted molar refractivity (Wildman–Crippen MR) is 184 cm³/mol. The van der Waals surface area contributed by atoms with E-state index in [0.29, 0.717) is 57.4 Å². The van der Waals surface area contributed by atoms with Crippen LogP contribution >= 0.6 is 0 Å². The van der Waals surface area contributed by atoms with E-state index in [4.69, 9.17) is 9.72 Å². The zero-order valence-electron chi connectivity index (χ0n) is 27.1. The third kappa shape index (κ3) is 6.20. The van der Waals surface area contributed by atoms with Gasteiger partial charge in [-0.05, 0) is 62.7 Å². The molecule has 1 aromatic heterocycles. The molecule has 0 saturated carbocycles. The molecule has 1 saturated heterocycles. The molecule has 0 unspecified atom stereocenters. The number of amides is 2. The molecule has 1 fully saturated rings. The molecular formula is C38H41N5O3. The van der Waals surface area contributed by atoms with Crippen LogP contribution < -0.4 is 9.64 Å². The molecule has 8 heteroatoms. The summed E-state index contributed by atoms with van der Waals surface area (Å²) in [6.45, 7) is 12.3. The Labute approximate surface area is 270 Å². The summed E-state index contributed by atoms with van der Waals surface area (Å²) in [5, 5.41) is 2.00. The number of hydrogen-bond donors (Lipinski definition) is 0. The van der Waals surface area contributed by atoms with Crippen LogP contribution in [0, 0.1) is 6.92 Å². The highest BCUT2D eigenvalue weighted by molar-refractivity contribution is 6.08. The molecule has 46 heavy (non-hydrogen) atoms. The van der Waals surface area contributed by atoms with Crippen LogP contribution in [-0.4, -0.2) is 77.0 Å². The Morgan fingerprint density at radius 2 is 1.57 bits per heavy atom. The molecule has 2 heterocycles. The number of hydrogen-bond acceptors (Lipinski definition) is 5. The first-order valence-electron chi connectivity index (χ1n) is 16.2. The molecule has 0 spiro atoms. The van der Waals surface area contributed by atoms with Gasteiger partial charge < -0.3 is 19.4 Å². The molecule has 236 valence electrons. The van der Waals surface area contributed by atoms with Crippen LogP contribution in [0.3, 0.4) is 0 Å². The first kappa shape index (κ1) is 30.9. The second-order valence-corrected chi connectivity index (χ2v) is 11.6. The van der Waals surface area contributed by atoms with Crippen molar-refractivity contribution in [1.29, 1.82) is 0 Å². The fourth-order valence-electron chi connectivity index (χ4n) is 6.14. The molecule has 1 aliphatic rings. The monoisotopic (exact) mass is 615 g/mol. The molecule has 5 aromatic rings. The number of aryl methyl sites for hydroxylation is 1. The van der Waals surface area contributed by atoms with E-state index in [2.05, 4.69) is 36.1 Å². The second-order valence-electron chi connectivity index (χ2n) is 11.6. The summed E-state index contributed by atoms with van der Waals surface area (Å²) in [6, 6.07) is 28.3. The number of anilines is 1. The molecule has 0 radical (unpaired) electrons. The highest BCUT2D eigenvalue weighted by Crippen LogP contribution is 2.30. The minimum atomic E-state index is -0.0939. The summed E-state index contributed by atoms with van der Waals surface area (Å²) < 4.78 is 7.73. The van der Waals surface area contributed by atoms with E-state index < -0.39 is 0 Å². The van der Waals surface area contributed by atoms with Gasteiger partial charge in [0, 0.05) is 68.3 Å². The van der Waals surface area contributed by atoms with Crippen LogP contribution in [0.1, 0.15) is 47.2 Å². The first-order chi connectivity index (χ1) is 22.4. The normalized spacial score (nSPS) is 13.2. The van der Waals surface area contributed by atoms with Crippen LogP contribution in [-0.2, 0) is 0 Å². The van der Waals surface area contributed by atoms with E-state index in [0.717, 1.165) is 44.6 Å². The summed E-state index contributed by atoms with van der Waals surface area (Å²) in [5.74, 6) is 1.42. The molecule has 0 bridgehead atoms. The summed E-state index contributed by atoms with van der Waals surface area (Å²) >= 11 is 0. The van der Waals surface area contributed by atoms with Gasteiger partial charge in [-0.1, -0.05) is 60.2 Å². The van der Waals surface area contributed by atoms with Gasteiger partial charge in [0.25, 0.3) is 11.8 Å². The Balaban J connectivity index is 1.26. The largest absolute Gasteiger partial charge is 0.494 e. The van der Waals surface area contributed by atoms with Crippen molar-refractivity contribution in [3.63, 3.8) is 0 Å². The number of nitrogens with zero attached hydrogens (tertiary/aromatic N) is 5. The Hall–Kier alpha value is -5.11. The summed E-state index contributed by atoms with van der Waals surface area (Å²) in [7, 11) is 0. The maximum absolute atomic E-state index is 13.9. The average molecular weight is 616 g/mol. The van der Waals surface area contributed by atoms with Crippen molar-refractivity contribution in [1.82, 2.24) is 19.4 Å². The van der Waals surface area contributed by atoms with Gasteiger partial charge in [-0.2, -0.15) is 0 Å². The lowest BCUT2D eigenvalue weighted by Crippen LogP contribution is -2.49. The summed E-state index contributed by atoms with van der Waals surface area (Å²) in [4.78, 5) is 38.3. The standard InChI is InChI=1S/C38H41N5O3/c1-5-40(6-2)37(44)34-25-31(23-29-11-8-9-14-33(29)34)41-19-21-42(22-20-41)38(45)35-26-43(30-12-10-13-32(24-30)46-7-3)36(39-35)28-17-15-27(4)16-18-28/h8-18,23-26H,5-7,19-22H2,1-4H3. The smallest absolute Gasteiger partial charge is 0.274 e. The van der Waals surface area contributed by atoms with Crippen LogP contribution in [0.5, 0.6) is 5.75 Å². The Morgan fingerprint density at radius 3 is 2.28 bits per heavy atom. The van der Waals surface area contributed by atoms with Crippen molar-refractivity contribution >= 4 is 28.3 Å². The van der Waals surface area contributed by atoms with Gasteiger partial charge in [-0.25, -0.2) is 4.98 Å². The molecule has 0 aliphatic carbocycles. The highest BCUT2D eigenvalue weighted by atomic mass is 16.5. The van der Waals surface area contributed by atoms with Gasteiger partial charge in [-0.15, -0.1) is 0 Å². The lowest BCUT2D eigenvalue weighted by molar-refractivity contribution is 0.0740. The van der Waals surface area contributed by atoms with Crippen LogP contribution in [0.15, 0.2) is 91.1 Å². The minimum absolute atomic E-state index is 0.0450. The molecule has 1 aliphatic heterocycles. The number of benzene rings is 4. The molecule has 0 N–H and O–H groups in total. The van der Waals surface area contributed by atoms with Crippen LogP contribution in [0.4, 0.5) is 5.69 Å². The van der Waals surface area contributed by atoms with Gasteiger partial charge >= 0.3 is 0 Å².